The molecule has 1 fully saturated rings. The van der Waals surface area contributed by atoms with E-state index >= 15 is 0 Å². The van der Waals surface area contributed by atoms with Crippen LogP contribution in [0.3, 0.4) is 0 Å². The number of hydrogen-bond acceptors (Lipinski definition) is 6. The number of sulfonamides is 1. The van der Waals surface area contributed by atoms with E-state index in [1.165, 1.54) is 38.2 Å². The Labute approximate surface area is 197 Å². The molecule has 1 aliphatic carbocycles. The average molecular weight is 504 g/mol. The lowest BCUT2D eigenvalue weighted by Gasteiger charge is -2.22. The van der Waals surface area contributed by atoms with Gasteiger partial charge in [-0.05, 0) is 60.4 Å². The molecule has 10 heteroatoms. The maximum atomic E-state index is 13.1. The van der Waals surface area contributed by atoms with Crippen LogP contribution >= 0.6 is 34.3 Å². The molecule has 2 aliphatic rings. The molecule has 2 aromatic heterocycles. The van der Waals surface area contributed by atoms with E-state index in [0.29, 0.717) is 28.9 Å². The van der Waals surface area contributed by atoms with Gasteiger partial charge in [-0.2, -0.15) is 4.31 Å². The first kappa shape index (κ1) is 20.6. The number of thiazole rings is 1. The maximum absolute atomic E-state index is 13.1. The lowest BCUT2D eigenvalue weighted by molar-refractivity contribution is -0.119. The Hall–Kier alpha value is -2.04. The minimum absolute atomic E-state index is 0.159. The number of anilines is 1. The fourth-order valence-electron chi connectivity index (χ4n) is 4.79. The summed E-state index contributed by atoms with van der Waals surface area (Å²) < 4.78 is 29.0. The molecular weight excluding hydrogens is 486 g/mol. The Kier molecular flexibility index (Phi) is 4.82. The van der Waals surface area contributed by atoms with Crippen LogP contribution < -0.4 is 5.32 Å². The van der Waals surface area contributed by atoms with Gasteiger partial charge in [0.2, 0.25) is 5.91 Å². The van der Waals surface area contributed by atoms with Crippen molar-refractivity contribution >= 4 is 76.3 Å². The Morgan fingerprint density at radius 2 is 2.00 bits per heavy atom. The van der Waals surface area contributed by atoms with Crippen LogP contribution in [0.1, 0.15) is 24.0 Å². The molecule has 164 valence electrons. The van der Waals surface area contributed by atoms with Crippen LogP contribution in [0.2, 0.25) is 4.34 Å². The highest BCUT2D eigenvalue weighted by Crippen LogP contribution is 2.39. The molecule has 1 N–H and O–H groups in total. The second-order valence-corrected chi connectivity index (χ2v) is 12.9. The number of hydrogen-bond donors (Lipinski definition) is 1. The van der Waals surface area contributed by atoms with E-state index in [1.54, 1.807) is 6.07 Å². The van der Waals surface area contributed by atoms with Gasteiger partial charge in [0.25, 0.3) is 10.0 Å². The molecule has 1 unspecified atom stereocenters. The summed E-state index contributed by atoms with van der Waals surface area (Å²) in [6.07, 6.45) is 3.18. The molecule has 4 aromatic rings. The highest BCUT2D eigenvalue weighted by Gasteiger charge is 2.40. The maximum Gasteiger partial charge on any atom is 0.253 e. The first-order chi connectivity index (χ1) is 15.4. The topological polar surface area (TPSA) is 79.4 Å². The van der Waals surface area contributed by atoms with Crippen molar-refractivity contribution in [1.82, 2.24) is 9.29 Å². The number of rotatable bonds is 4. The van der Waals surface area contributed by atoms with Crippen molar-refractivity contribution < 1.29 is 13.2 Å². The highest BCUT2D eigenvalue weighted by molar-refractivity contribution is 7.91. The highest BCUT2D eigenvalue weighted by atomic mass is 35.5. The molecule has 0 saturated carbocycles. The van der Waals surface area contributed by atoms with E-state index < -0.39 is 16.1 Å². The first-order valence-corrected chi connectivity index (χ1v) is 13.8. The third-order valence-electron chi connectivity index (χ3n) is 6.20. The fraction of sp³-hybridized carbons (Fsp3) is 0.273. The normalized spacial score (nSPS) is 18.7. The Bertz CT molecular complexity index is 1510. The van der Waals surface area contributed by atoms with E-state index in [4.69, 9.17) is 16.6 Å². The van der Waals surface area contributed by atoms with E-state index in [-0.39, 0.29) is 10.1 Å². The van der Waals surface area contributed by atoms with Crippen LogP contribution in [0.4, 0.5) is 5.13 Å². The van der Waals surface area contributed by atoms with Crippen molar-refractivity contribution in [3.05, 3.63) is 51.9 Å². The predicted octanol–water partition coefficient (Wildman–Crippen LogP) is 5.05. The second kappa shape index (κ2) is 7.50. The van der Waals surface area contributed by atoms with E-state index in [1.807, 2.05) is 0 Å². The van der Waals surface area contributed by atoms with Crippen molar-refractivity contribution in [2.24, 2.45) is 0 Å². The zero-order chi connectivity index (χ0) is 22.0. The molecule has 1 aliphatic heterocycles. The predicted molar refractivity (Wildman–Crippen MR) is 129 cm³/mol. The van der Waals surface area contributed by atoms with Crippen molar-refractivity contribution in [3.8, 4) is 0 Å². The number of halogens is 1. The number of carbonyl (C=O) groups excluding carboxylic acids is 1. The van der Waals surface area contributed by atoms with Gasteiger partial charge in [0, 0.05) is 11.9 Å². The van der Waals surface area contributed by atoms with Gasteiger partial charge < -0.3 is 5.32 Å². The summed E-state index contributed by atoms with van der Waals surface area (Å²) in [5, 5.41) is 5.78. The van der Waals surface area contributed by atoms with Crippen LogP contribution in [0.15, 0.2) is 40.6 Å². The molecule has 2 aromatic carbocycles. The molecule has 0 bridgehead atoms. The van der Waals surface area contributed by atoms with Crippen molar-refractivity contribution in [3.63, 3.8) is 0 Å². The largest absolute Gasteiger partial charge is 0.301 e. The van der Waals surface area contributed by atoms with Crippen LogP contribution in [0.25, 0.3) is 21.0 Å². The van der Waals surface area contributed by atoms with Crippen molar-refractivity contribution in [1.29, 1.82) is 0 Å². The van der Waals surface area contributed by atoms with E-state index in [0.717, 1.165) is 39.8 Å². The third kappa shape index (κ3) is 3.18. The molecule has 1 atom stereocenters. The number of fused-ring (bicyclic) bond motifs is 2. The fourth-order valence-corrected chi connectivity index (χ4v) is 9.01. The smallest absolute Gasteiger partial charge is 0.253 e. The van der Waals surface area contributed by atoms with Crippen LogP contribution in [-0.2, 0) is 27.7 Å². The molecule has 0 radical (unpaired) electrons. The van der Waals surface area contributed by atoms with Gasteiger partial charge in [0.05, 0.1) is 14.6 Å². The van der Waals surface area contributed by atoms with Gasteiger partial charge in [-0.15, -0.1) is 11.3 Å². The Balaban J connectivity index is 1.31. The molecule has 1 amide bonds. The average Bonchev–Trinajstić information content (AvgIpc) is 3.54. The van der Waals surface area contributed by atoms with Crippen LogP contribution in [0, 0.1) is 0 Å². The molecular formula is C22H18ClN3O3S3. The molecule has 1 saturated heterocycles. The van der Waals surface area contributed by atoms with Gasteiger partial charge in [-0.25, -0.2) is 13.4 Å². The Morgan fingerprint density at radius 3 is 2.81 bits per heavy atom. The molecule has 6 rings (SSSR count). The summed E-state index contributed by atoms with van der Waals surface area (Å²) in [6, 6.07) is 10.8. The van der Waals surface area contributed by atoms with Crippen LogP contribution in [-0.4, -0.2) is 36.2 Å². The van der Waals surface area contributed by atoms with Gasteiger partial charge >= 0.3 is 0 Å². The zero-order valence-corrected chi connectivity index (χ0v) is 20.0. The molecule has 3 heterocycles. The number of carbonyl (C=O) groups is 1. The minimum Gasteiger partial charge on any atom is -0.301 e. The summed E-state index contributed by atoms with van der Waals surface area (Å²) in [5.41, 5.74) is 3.56. The van der Waals surface area contributed by atoms with E-state index in [9.17, 15) is 13.2 Å². The number of nitrogens with zero attached hydrogens (tertiary/aromatic N) is 2. The number of benzene rings is 2. The third-order valence-corrected chi connectivity index (χ3v) is 10.7. The van der Waals surface area contributed by atoms with Crippen molar-refractivity contribution in [2.75, 3.05) is 11.9 Å². The van der Waals surface area contributed by atoms with Gasteiger partial charge in [0.15, 0.2) is 5.13 Å². The number of aryl methyl sites for hydroxylation is 2. The van der Waals surface area contributed by atoms with E-state index in [2.05, 4.69) is 29.6 Å². The second-order valence-electron chi connectivity index (χ2n) is 8.06. The van der Waals surface area contributed by atoms with Gasteiger partial charge in [-0.1, -0.05) is 41.1 Å². The monoisotopic (exact) mass is 503 g/mol. The summed E-state index contributed by atoms with van der Waals surface area (Å²) >= 11 is 8.37. The summed E-state index contributed by atoms with van der Waals surface area (Å²) in [6.45, 7) is 0.312. The van der Waals surface area contributed by atoms with Gasteiger partial charge in [0.1, 0.15) is 10.3 Å². The SMILES string of the molecule is O=C(Nc1nc2c(cc3c4c(cccc42)CC3)s1)C1CCCN1S(=O)(=O)c1ccc(Cl)s1. The van der Waals surface area contributed by atoms with Gasteiger partial charge in [-0.3, -0.25) is 4.79 Å². The lowest BCUT2D eigenvalue weighted by atomic mass is 10.0. The molecule has 32 heavy (non-hydrogen) atoms. The molecule has 6 nitrogen and oxygen atoms in total. The van der Waals surface area contributed by atoms with Crippen molar-refractivity contribution in [2.45, 2.75) is 35.9 Å². The summed E-state index contributed by atoms with van der Waals surface area (Å²) in [7, 11) is -3.77. The zero-order valence-electron chi connectivity index (χ0n) is 16.8. The summed E-state index contributed by atoms with van der Waals surface area (Å²) in [4.78, 5) is 17.8. The minimum atomic E-state index is -3.77. The first-order valence-electron chi connectivity index (χ1n) is 10.3. The molecule has 0 spiro atoms. The quantitative estimate of drug-likeness (QED) is 0.422. The number of nitrogens with one attached hydrogen (secondary N) is 1. The van der Waals surface area contributed by atoms with Crippen LogP contribution in [0.5, 0.6) is 0 Å². The number of amides is 1. The Morgan fingerprint density at radius 1 is 1.16 bits per heavy atom. The standard InChI is InChI=1S/C22H18ClN3O3S3/c23-17-8-9-18(31-17)32(28,29)26-10-2-5-15(26)21(27)25-22-24-20-14-4-1-3-12-6-7-13(19(12)14)11-16(20)30-22/h1,3-4,8-9,11,15H,2,5-7,10H2,(H,24,25,27). The number of thiophene rings is 1. The lowest BCUT2D eigenvalue weighted by Crippen LogP contribution is -2.42. The summed E-state index contributed by atoms with van der Waals surface area (Å²) in [5.74, 6) is -0.343. The number of aromatic nitrogens is 1.